The minimum absolute atomic E-state index is 0.00387. The number of anilines is 1. The number of aryl methyl sites for hydroxylation is 1. The third kappa shape index (κ3) is 2.73. The number of hydrogen-bond acceptors (Lipinski definition) is 3. The molecule has 1 saturated carbocycles. The van der Waals surface area contributed by atoms with E-state index in [1.807, 2.05) is 36.1 Å². The zero-order valence-electron chi connectivity index (χ0n) is 13.2. The van der Waals surface area contributed by atoms with Crippen molar-refractivity contribution in [1.82, 2.24) is 0 Å². The Morgan fingerprint density at radius 1 is 1.27 bits per heavy atom. The summed E-state index contributed by atoms with van der Waals surface area (Å²) in [7, 11) is 1.64. The molecule has 4 nitrogen and oxygen atoms in total. The Balaban J connectivity index is 1.95. The minimum atomic E-state index is -0.00387. The van der Waals surface area contributed by atoms with Gasteiger partial charge in [-0.15, -0.1) is 0 Å². The SMILES string of the molecule is COc1ccc(N(C(=O)c2ccoc2C)[C@@H](C)C2CC2)cc1. The van der Waals surface area contributed by atoms with Gasteiger partial charge in [-0.3, -0.25) is 4.79 Å². The normalized spacial score (nSPS) is 15.4. The molecule has 1 aliphatic carbocycles. The molecule has 1 heterocycles. The average molecular weight is 299 g/mol. The lowest BCUT2D eigenvalue weighted by atomic mass is 10.1. The van der Waals surface area contributed by atoms with Gasteiger partial charge >= 0.3 is 0 Å². The largest absolute Gasteiger partial charge is 0.497 e. The molecule has 1 aromatic heterocycles. The smallest absolute Gasteiger partial charge is 0.262 e. The van der Waals surface area contributed by atoms with Crippen LogP contribution in [0.15, 0.2) is 41.0 Å². The van der Waals surface area contributed by atoms with E-state index in [9.17, 15) is 4.79 Å². The Bertz CT molecular complexity index is 655. The third-order valence-electron chi connectivity index (χ3n) is 4.37. The van der Waals surface area contributed by atoms with Gasteiger partial charge in [0.15, 0.2) is 0 Å². The first-order chi connectivity index (χ1) is 10.6. The van der Waals surface area contributed by atoms with Crippen LogP contribution >= 0.6 is 0 Å². The second kappa shape index (κ2) is 5.87. The first kappa shape index (κ1) is 14.7. The van der Waals surface area contributed by atoms with Crippen molar-refractivity contribution in [2.45, 2.75) is 32.7 Å². The zero-order valence-corrected chi connectivity index (χ0v) is 13.2. The van der Waals surface area contributed by atoms with Crippen LogP contribution in [0.3, 0.4) is 0 Å². The quantitative estimate of drug-likeness (QED) is 0.836. The third-order valence-corrected chi connectivity index (χ3v) is 4.37. The van der Waals surface area contributed by atoms with Crippen molar-refractivity contribution in [3.8, 4) is 5.75 Å². The van der Waals surface area contributed by atoms with Crippen LogP contribution in [-0.4, -0.2) is 19.1 Å². The van der Waals surface area contributed by atoms with Gasteiger partial charge in [-0.05, 0) is 62.9 Å². The topological polar surface area (TPSA) is 42.7 Å². The van der Waals surface area contributed by atoms with Gasteiger partial charge in [0.1, 0.15) is 11.5 Å². The lowest BCUT2D eigenvalue weighted by Crippen LogP contribution is -2.40. The van der Waals surface area contributed by atoms with Gasteiger partial charge in [0, 0.05) is 11.7 Å². The van der Waals surface area contributed by atoms with Crippen LogP contribution in [0.1, 0.15) is 35.9 Å². The maximum absolute atomic E-state index is 13.0. The summed E-state index contributed by atoms with van der Waals surface area (Å²) in [6, 6.07) is 9.56. The van der Waals surface area contributed by atoms with Crippen molar-refractivity contribution in [2.75, 3.05) is 12.0 Å². The fourth-order valence-electron chi connectivity index (χ4n) is 2.81. The molecule has 1 fully saturated rings. The molecule has 1 amide bonds. The van der Waals surface area contributed by atoms with E-state index in [2.05, 4.69) is 6.92 Å². The molecule has 0 saturated heterocycles. The van der Waals surface area contributed by atoms with Crippen LogP contribution in [0.2, 0.25) is 0 Å². The van der Waals surface area contributed by atoms with Crippen LogP contribution in [0.25, 0.3) is 0 Å². The average Bonchev–Trinajstić information content (AvgIpc) is 3.30. The summed E-state index contributed by atoms with van der Waals surface area (Å²) in [5.41, 5.74) is 1.52. The summed E-state index contributed by atoms with van der Waals surface area (Å²) in [6.45, 7) is 3.94. The van der Waals surface area contributed by atoms with E-state index in [4.69, 9.17) is 9.15 Å². The highest BCUT2D eigenvalue weighted by Crippen LogP contribution is 2.38. The van der Waals surface area contributed by atoms with Gasteiger partial charge in [0.25, 0.3) is 5.91 Å². The van der Waals surface area contributed by atoms with Gasteiger partial charge in [0.05, 0.1) is 18.9 Å². The van der Waals surface area contributed by atoms with Crippen LogP contribution in [-0.2, 0) is 0 Å². The standard InChI is InChI=1S/C18H21NO3/c1-12(14-4-5-14)19(15-6-8-16(21-3)9-7-15)18(20)17-10-11-22-13(17)2/h6-12,14H,4-5H2,1-3H3/t12-/m0/s1. The van der Waals surface area contributed by atoms with E-state index in [1.54, 1.807) is 19.4 Å². The maximum atomic E-state index is 13.0. The second-order valence-electron chi connectivity index (χ2n) is 5.84. The second-order valence-corrected chi connectivity index (χ2v) is 5.84. The number of carbonyl (C=O) groups excluding carboxylic acids is 1. The van der Waals surface area contributed by atoms with Crippen LogP contribution in [0.5, 0.6) is 5.75 Å². The molecule has 22 heavy (non-hydrogen) atoms. The fraction of sp³-hybridized carbons (Fsp3) is 0.389. The lowest BCUT2D eigenvalue weighted by Gasteiger charge is -2.29. The van der Waals surface area contributed by atoms with Crippen molar-refractivity contribution < 1.29 is 13.9 Å². The lowest BCUT2D eigenvalue weighted by molar-refractivity contribution is 0.0974. The molecule has 0 radical (unpaired) electrons. The Labute approximate surface area is 130 Å². The Hall–Kier alpha value is -2.23. The Morgan fingerprint density at radius 3 is 2.45 bits per heavy atom. The van der Waals surface area contributed by atoms with Gasteiger partial charge < -0.3 is 14.1 Å². The molecule has 1 aromatic carbocycles. The van der Waals surface area contributed by atoms with E-state index in [0.717, 1.165) is 11.4 Å². The number of ether oxygens (including phenoxy) is 1. The first-order valence-electron chi connectivity index (χ1n) is 7.63. The van der Waals surface area contributed by atoms with Gasteiger partial charge in [-0.25, -0.2) is 0 Å². The molecule has 0 unspecified atom stereocenters. The first-order valence-corrected chi connectivity index (χ1v) is 7.63. The predicted octanol–water partition coefficient (Wildman–Crippen LogP) is 4.04. The number of carbonyl (C=O) groups is 1. The summed E-state index contributed by atoms with van der Waals surface area (Å²) in [4.78, 5) is 14.9. The Morgan fingerprint density at radius 2 is 1.95 bits per heavy atom. The molecular formula is C18H21NO3. The van der Waals surface area contributed by atoms with Crippen LogP contribution in [0, 0.1) is 12.8 Å². The van der Waals surface area contributed by atoms with E-state index >= 15 is 0 Å². The molecule has 116 valence electrons. The summed E-state index contributed by atoms with van der Waals surface area (Å²) in [6.07, 6.45) is 3.94. The number of hydrogen-bond donors (Lipinski definition) is 0. The molecule has 1 atom stereocenters. The van der Waals surface area contributed by atoms with Crippen molar-refractivity contribution in [3.05, 3.63) is 47.9 Å². The molecule has 3 rings (SSSR count). The summed E-state index contributed by atoms with van der Waals surface area (Å²) in [5, 5.41) is 0. The van der Waals surface area contributed by atoms with Gasteiger partial charge in [-0.1, -0.05) is 0 Å². The molecule has 0 N–H and O–H groups in total. The van der Waals surface area contributed by atoms with Crippen molar-refractivity contribution in [1.29, 1.82) is 0 Å². The minimum Gasteiger partial charge on any atom is -0.497 e. The van der Waals surface area contributed by atoms with Crippen molar-refractivity contribution in [2.24, 2.45) is 5.92 Å². The number of rotatable bonds is 5. The van der Waals surface area contributed by atoms with E-state index in [-0.39, 0.29) is 11.9 Å². The number of furan rings is 1. The molecule has 4 heteroatoms. The number of amides is 1. The van der Waals surface area contributed by atoms with Crippen LogP contribution in [0.4, 0.5) is 5.69 Å². The molecular weight excluding hydrogens is 278 g/mol. The Kier molecular flexibility index (Phi) is 3.92. The highest BCUT2D eigenvalue weighted by Gasteiger charge is 2.36. The van der Waals surface area contributed by atoms with Crippen LogP contribution < -0.4 is 9.64 Å². The molecule has 0 bridgehead atoms. The predicted molar refractivity (Wildman–Crippen MR) is 85.4 cm³/mol. The van der Waals surface area contributed by atoms with Gasteiger partial charge in [0.2, 0.25) is 0 Å². The number of nitrogens with zero attached hydrogens (tertiary/aromatic N) is 1. The molecule has 1 aliphatic rings. The van der Waals surface area contributed by atoms with Crippen molar-refractivity contribution >= 4 is 11.6 Å². The summed E-state index contributed by atoms with van der Waals surface area (Å²) >= 11 is 0. The number of methoxy groups -OCH3 is 1. The van der Waals surface area contributed by atoms with Gasteiger partial charge in [-0.2, -0.15) is 0 Å². The summed E-state index contributed by atoms with van der Waals surface area (Å²) in [5.74, 6) is 2.02. The monoisotopic (exact) mass is 299 g/mol. The summed E-state index contributed by atoms with van der Waals surface area (Å²) < 4.78 is 10.5. The molecule has 2 aromatic rings. The van der Waals surface area contributed by atoms with E-state index < -0.39 is 0 Å². The van der Waals surface area contributed by atoms with E-state index in [1.165, 1.54) is 12.8 Å². The fourth-order valence-corrected chi connectivity index (χ4v) is 2.81. The molecule has 0 spiro atoms. The highest BCUT2D eigenvalue weighted by atomic mass is 16.5. The molecule has 0 aliphatic heterocycles. The zero-order chi connectivity index (χ0) is 15.7. The van der Waals surface area contributed by atoms with E-state index in [0.29, 0.717) is 17.2 Å². The van der Waals surface area contributed by atoms with Crippen molar-refractivity contribution in [3.63, 3.8) is 0 Å². The number of benzene rings is 1. The maximum Gasteiger partial charge on any atom is 0.262 e. The highest BCUT2D eigenvalue weighted by molar-refractivity contribution is 6.07.